The van der Waals surface area contributed by atoms with Crippen LogP contribution in [0.5, 0.6) is 11.5 Å². The molecule has 170 valence electrons. The van der Waals surface area contributed by atoms with Crippen LogP contribution in [0, 0.1) is 0 Å². The first-order chi connectivity index (χ1) is 15.4. The molecule has 2 aromatic rings. The average molecular weight is 439 g/mol. The van der Waals surface area contributed by atoms with Gasteiger partial charge in [-0.25, -0.2) is 9.59 Å². The Bertz CT molecular complexity index is 982. The highest BCUT2D eigenvalue weighted by Crippen LogP contribution is 2.34. The summed E-state index contributed by atoms with van der Waals surface area (Å²) in [6.45, 7) is 6.28. The lowest BCUT2D eigenvalue weighted by atomic mass is 9.92. The minimum Gasteiger partial charge on any atom is -0.497 e. The van der Waals surface area contributed by atoms with Crippen LogP contribution in [0.1, 0.15) is 50.8 Å². The Morgan fingerprint density at radius 1 is 1.09 bits per heavy atom. The van der Waals surface area contributed by atoms with Crippen molar-refractivity contribution in [2.45, 2.75) is 45.8 Å². The second-order valence-corrected chi connectivity index (χ2v) is 7.78. The average Bonchev–Trinajstić information content (AvgIpc) is 2.78. The second kappa shape index (κ2) is 10.7. The summed E-state index contributed by atoms with van der Waals surface area (Å²) in [4.78, 5) is 25.7. The van der Waals surface area contributed by atoms with Gasteiger partial charge < -0.3 is 24.8 Å². The smallest absolute Gasteiger partial charge is 0.338 e. The number of carbonyl (C=O) groups is 2. The molecule has 0 aliphatic carbocycles. The fraction of sp³-hybridized carbons (Fsp3) is 0.360. The maximum Gasteiger partial charge on any atom is 0.338 e. The van der Waals surface area contributed by atoms with Crippen LogP contribution in [0.15, 0.2) is 54.1 Å². The van der Waals surface area contributed by atoms with E-state index in [1.54, 1.807) is 45.2 Å². The minimum atomic E-state index is -0.693. The molecular weight excluding hydrogens is 408 g/mol. The molecule has 0 fully saturated rings. The maximum absolute atomic E-state index is 13.2. The molecule has 0 radical (unpaired) electrons. The number of rotatable bonds is 9. The van der Waals surface area contributed by atoms with Crippen molar-refractivity contribution in [1.82, 2.24) is 10.6 Å². The van der Waals surface area contributed by atoms with Crippen molar-refractivity contribution in [2.24, 2.45) is 0 Å². The zero-order valence-electron chi connectivity index (χ0n) is 18.9. The van der Waals surface area contributed by atoms with Gasteiger partial charge in [-0.05, 0) is 67.8 Å². The number of amides is 2. The van der Waals surface area contributed by atoms with Crippen molar-refractivity contribution >= 4 is 17.7 Å². The third-order valence-electron chi connectivity index (χ3n) is 4.97. The van der Waals surface area contributed by atoms with E-state index in [2.05, 4.69) is 17.6 Å². The quantitative estimate of drug-likeness (QED) is 0.442. The van der Waals surface area contributed by atoms with Gasteiger partial charge in [-0.15, -0.1) is 0 Å². The van der Waals surface area contributed by atoms with E-state index >= 15 is 0 Å². The zero-order valence-corrected chi connectivity index (χ0v) is 18.9. The number of urea groups is 1. The van der Waals surface area contributed by atoms with Gasteiger partial charge in [0, 0.05) is 0 Å². The van der Waals surface area contributed by atoms with E-state index in [1.165, 1.54) is 0 Å². The molecule has 0 spiro atoms. The van der Waals surface area contributed by atoms with E-state index in [0.29, 0.717) is 34.9 Å². The lowest BCUT2D eigenvalue weighted by molar-refractivity contribution is -0.143. The summed E-state index contributed by atoms with van der Waals surface area (Å²) in [5.74, 6) is 0.862. The molecule has 1 unspecified atom stereocenters. The number of benzene rings is 2. The van der Waals surface area contributed by atoms with Crippen molar-refractivity contribution in [3.8, 4) is 11.5 Å². The highest BCUT2D eigenvalue weighted by atomic mass is 16.5. The largest absolute Gasteiger partial charge is 0.497 e. The van der Waals surface area contributed by atoms with E-state index in [0.717, 1.165) is 18.4 Å². The normalized spacial score (nSPS) is 15.8. The van der Waals surface area contributed by atoms with E-state index < -0.39 is 18.0 Å². The maximum atomic E-state index is 13.2. The number of hydrogen-bond acceptors (Lipinski definition) is 5. The molecule has 0 saturated carbocycles. The van der Waals surface area contributed by atoms with Crippen LogP contribution in [0.4, 0.5) is 4.79 Å². The fourth-order valence-electron chi connectivity index (χ4n) is 3.42. The summed E-state index contributed by atoms with van der Waals surface area (Å²) in [5, 5.41) is 5.65. The number of hydrogen-bond donors (Lipinski definition) is 2. The number of unbranched alkanes of at least 4 members (excludes halogenated alkanes) is 1. The van der Waals surface area contributed by atoms with Crippen LogP contribution in [-0.2, 0) is 9.53 Å². The van der Waals surface area contributed by atoms with E-state index in [-0.39, 0.29) is 6.10 Å². The van der Waals surface area contributed by atoms with Crippen LogP contribution in [-0.4, -0.2) is 31.8 Å². The Labute approximate surface area is 188 Å². The van der Waals surface area contributed by atoms with Gasteiger partial charge in [0.05, 0.1) is 37.1 Å². The van der Waals surface area contributed by atoms with Crippen molar-refractivity contribution in [1.29, 1.82) is 0 Å². The molecule has 3 rings (SSSR count). The number of esters is 1. The lowest BCUT2D eigenvalue weighted by Gasteiger charge is -2.30. The predicted molar refractivity (Wildman–Crippen MR) is 122 cm³/mol. The third-order valence-corrected chi connectivity index (χ3v) is 4.97. The summed E-state index contributed by atoms with van der Waals surface area (Å²) in [7, 11) is 1.58. The molecule has 1 atom stereocenters. The first kappa shape index (κ1) is 23.2. The molecule has 0 saturated heterocycles. The highest BCUT2D eigenvalue weighted by molar-refractivity contribution is 6.04. The van der Waals surface area contributed by atoms with Crippen LogP contribution in [0.2, 0.25) is 0 Å². The number of carbonyl (C=O) groups excluding carboxylic acids is 2. The molecule has 1 heterocycles. The van der Waals surface area contributed by atoms with Gasteiger partial charge in [-0.3, -0.25) is 0 Å². The second-order valence-electron chi connectivity index (χ2n) is 7.78. The Kier molecular flexibility index (Phi) is 7.76. The molecule has 7 heteroatoms. The van der Waals surface area contributed by atoms with E-state index in [9.17, 15) is 9.59 Å². The molecule has 32 heavy (non-hydrogen) atoms. The van der Waals surface area contributed by atoms with Gasteiger partial charge in [0.2, 0.25) is 0 Å². The van der Waals surface area contributed by atoms with Gasteiger partial charge in [-0.1, -0.05) is 25.5 Å². The minimum absolute atomic E-state index is 0.311. The summed E-state index contributed by atoms with van der Waals surface area (Å²) < 4.78 is 16.6. The number of methoxy groups -OCH3 is 1. The van der Waals surface area contributed by atoms with Crippen LogP contribution in [0.25, 0.3) is 5.70 Å². The summed E-state index contributed by atoms with van der Waals surface area (Å²) >= 11 is 0. The monoisotopic (exact) mass is 438 g/mol. The molecule has 2 amide bonds. The first-order valence-electron chi connectivity index (χ1n) is 10.8. The van der Waals surface area contributed by atoms with Gasteiger partial charge in [-0.2, -0.15) is 0 Å². The topological polar surface area (TPSA) is 85.9 Å². The summed E-state index contributed by atoms with van der Waals surface area (Å²) in [6.07, 6.45) is 1.67. The van der Waals surface area contributed by atoms with E-state index in [4.69, 9.17) is 14.2 Å². The third kappa shape index (κ3) is 5.60. The van der Waals surface area contributed by atoms with Crippen LogP contribution >= 0.6 is 0 Å². The van der Waals surface area contributed by atoms with Crippen molar-refractivity contribution in [2.75, 3.05) is 13.7 Å². The molecule has 0 bridgehead atoms. The predicted octanol–water partition coefficient (Wildman–Crippen LogP) is 4.59. The Hall–Kier alpha value is -3.48. The lowest BCUT2D eigenvalue weighted by Crippen LogP contribution is -2.45. The SMILES string of the molecule is CCCCOc1cccc(C2NC(=O)NC(c3ccc(OC)cc3)=C2C(=O)OC(C)C)c1. The van der Waals surface area contributed by atoms with Gasteiger partial charge in [0.1, 0.15) is 11.5 Å². The molecule has 0 aromatic heterocycles. The Morgan fingerprint density at radius 3 is 2.50 bits per heavy atom. The molecule has 1 aliphatic rings. The van der Waals surface area contributed by atoms with Crippen molar-refractivity contribution in [3.63, 3.8) is 0 Å². The fourth-order valence-corrected chi connectivity index (χ4v) is 3.42. The first-order valence-corrected chi connectivity index (χ1v) is 10.8. The summed E-state index contributed by atoms with van der Waals surface area (Å²) in [6, 6.07) is 13.5. The Balaban J connectivity index is 2.07. The molecule has 2 aromatic carbocycles. The molecular formula is C25H30N2O5. The van der Waals surface area contributed by atoms with Crippen LogP contribution < -0.4 is 20.1 Å². The number of ether oxygens (including phenoxy) is 3. The molecule has 7 nitrogen and oxygen atoms in total. The van der Waals surface area contributed by atoms with Gasteiger partial charge in [0.25, 0.3) is 0 Å². The van der Waals surface area contributed by atoms with Gasteiger partial charge in [0.15, 0.2) is 0 Å². The zero-order chi connectivity index (χ0) is 23.1. The number of nitrogens with one attached hydrogen (secondary N) is 2. The van der Waals surface area contributed by atoms with Crippen molar-refractivity contribution in [3.05, 3.63) is 65.2 Å². The standard InChI is InChI=1S/C25H30N2O5/c1-5-6-14-31-20-9-7-8-18(15-20)23-21(24(28)32-16(2)3)22(26-25(29)27-23)17-10-12-19(30-4)13-11-17/h7-13,15-16,23H,5-6,14H2,1-4H3,(H2,26,27,29). The molecule has 2 N–H and O–H groups in total. The summed E-state index contributed by atoms with van der Waals surface area (Å²) in [5.41, 5.74) is 2.14. The Morgan fingerprint density at radius 2 is 1.84 bits per heavy atom. The van der Waals surface area contributed by atoms with Gasteiger partial charge >= 0.3 is 12.0 Å². The highest BCUT2D eigenvalue weighted by Gasteiger charge is 2.35. The van der Waals surface area contributed by atoms with Crippen molar-refractivity contribution < 1.29 is 23.8 Å². The van der Waals surface area contributed by atoms with Crippen LogP contribution in [0.3, 0.4) is 0 Å². The molecule has 1 aliphatic heterocycles. The van der Waals surface area contributed by atoms with E-state index in [1.807, 2.05) is 24.3 Å².